The molecule has 1 aliphatic rings. The number of hydrogen-bond acceptors (Lipinski definition) is 2. The van der Waals surface area contributed by atoms with Gasteiger partial charge in [-0.2, -0.15) is 0 Å². The van der Waals surface area contributed by atoms with E-state index in [4.69, 9.17) is 10.5 Å². The molecule has 0 saturated heterocycles. The Morgan fingerprint density at radius 2 is 1.87 bits per heavy atom. The van der Waals surface area contributed by atoms with Crippen molar-refractivity contribution in [2.45, 2.75) is 40.0 Å². The van der Waals surface area contributed by atoms with Gasteiger partial charge in [0, 0.05) is 13.7 Å². The maximum absolute atomic E-state index is 5.82. The molecule has 2 N–H and O–H groups in total. The lowest BCUT2D eigenvalue weighted by atomic mass is 9.66. The maximum atomic E-state index is 5.82. The van der Waals surface area contributed by atoms with Crippen LogP contribution in [-0.4, -0.2) is 20.3 Å². The number of nitrogens with two attached hydrogens (primary N) is 1. The van der Waals surface area contributed by atoms with E-state index in [2.05, 4.69) is 20.8 Å². The predicted molar refractivity (Wildman–Crippen MR) is 64.7 cm³/mol. The highest BCUT2D eigenvalue weighted by molar-refractivity contribution is 4.85. The first kappa shape index (κ1) is 13.0. The molecule has 2 heteroatoms. The van der Waals surface area contributed by atoms with E-state index < -0.39 is 0 Å². The van der Waals surface area contributed by atoms with Crippen LogP contribution in [0.4, 0.5) is 0 Å². The number of methoxy groups -OCH3 is 1. The first-order valence-corrected chi connectivity index (χ1v) is 6.18. The molecule has 1 saturated carbocycles. The lowest BCUT2D eigenvalue weighted by Gasteiger charge is -2.41. The molecule has 0 aliphatic heterocycles. The zero-order valence-electron chi connectivity index (χ0n) is 10.8. The second-order valence-corrected chi connectivity index (χ2v) is 6.09. The highest BCUT2D eigenvalue weighted by atomic mass is 16.5. The fraction of sp³-hybridized carbons (Fsp3) is 1.00. The molecule has 15 heavy (non-hydrogen) atoms. The number of ether oxygens (including phenoxy) is 1. The second kappa shape index (κ2) is 5.31. The maximum Gasteiger partial charge on any atom is 0.0493 e. The van der Waals surface area contributed by atoms with E-state index in [0.29, 0.717) is 17.3 Å². The third-order valence-electron chi connectivity index (χ3n) is 4.05. The molecule has 0 aromatic rings. The Hall–Kier alpha value is -0.0800. The van der Waals surface area contributed by atoms with E-state index in [0.717, 1.165) is 19.1 Å². The van der Waals surface area contributed by atoms with Gasteiger partial charge in [0.1, 0.15) is 0 Å². The van der Waals surface area contributed by atoms with E-state index in [1.165, 1.54) is 19.3 Å². The van der Waals surface area contributed by atoms with Crippen LogP contribution in [0.2, 0.25) is 0 Å². The van der Waals surface area contributed by atoms with Crippen molar-refractivity contribution in [3.63, 3.8) is 0 Å². The quantitative estimate of drug-likeness (QED) is 0.782. The first-order valence-electron chi connectivity index (χ1n) is 6.18. The highest BCUT2D eigenvalue weighted by Crippen LogP contribution is 2.42. The van der Waals surface area contributed by atoms with Gasteiger partial charge in [0.25, 0.3) is 0 Å². The SMILES string of the molecule is COCC1CC(C(C)(C)C)CCC1CN. The van der Waals surface area contributed by atoms with Crippen molar-refractivity contribution >= 4 is 0 Å². The summed E-state index contributed by atoms with van der Waals surface area (Å²) in [5.74, 6) is 2.20. The standard InChI is InChI=1S/C13H27NO/c1-13(2,3)12-6-5-10(8-14)11(7-12)9-15-4/h10-12H,5-9,14H2,1-4H3. The summed E-state index contributed by atoms with van der Waals surface area (Å²) in [4.78, 5) is 0. The minimum atomic E-state index is 0.436. The third-order valence-corrected chi connectivity index (χ3v) is 4.05. The van der Waals surface area contributed by atoms with Crippen molar-refractivity contribution in [3.05, 3.63) is 0 Å². The van der Waals surface area contributed by atoms with Crippen molar-refractivity contribution in [1.82, 2.24) is 0 Å². The molecule has 0 radical (unpaired) electrons. The molecule has 0 aromatic heterocycles. The van der Waals surface area contributed by atoms with Crippen LogP contribution >= 0.6 is 0 Å². The summed E-state index contributed by atoms with van der Waals surface area (Å²) in [6, 6.07) is 0. The van der Waals surface area contributed by atoms with Crippen molar-refractivity contribution in [2.75, 3.05) is 20.3 Å². The van der Waals surface area contributed by atoms with E-state index in [1.54, 1.807) is 7.11 Å². The Labute approximate surface area is 94.6 Å². The van der Waals surface area contributed by atoms with Gasteiger partial charge < -0.3 is 10.5 Å². The van der Waals surface area contributed by atoms with Gasteiger partial charge in [-0.15, -0.1) is 0 Å². The van der Waals surface area contributed by atoms with Crippen LogP contribution in [0.25, 0.3) is 0 Å². The van der Waals surface area contributed by atoms with Gasteiger partial charge in [-0.3, -0.25) is 0 Å². The Kier molecular flexibility index (Phi) is 4.60. The molecule has 3 atom stereocenters. The highest BCUT2D eigenvalue weighted by Gasteiger charge is 2.35. The van der Waals surface area contributed by atoms with Gasteiger partial charge >= 0.3 is 0 Å². The molecule has 1 fully saturated rings. The summed E-state index contributed by atoms with van der Waals surface area (Å²) in [5, 5.41) is 0. The molecule has 0 bridgehead atoms. The van der Waals surface area contributed by atoms with Gasteiger partial charge in [-0.05, 0) is 49.0 Å². The molecule has 1 aliphatic carbocycles. The summed E-state index contributed by atoms with van der Waals surface area (Å²) in [5.41, 5.74) is 6.26. The zero-order valence-corrected chi connectivity index (χ0v) is 10.8. The molecular formula is C13H27NO. The van der Waals surface area contributed by atoms with E-state index in [9.17, 15) is 0 Å². The molecule has 90 valence electrons. The van der Waals surface area contributed by atoms with E-state index in [1.807, 2.05) is 0 Å². The van der Waals surface area contributed by atoms with Crippen molar-refractivity contribution < 1.29 is 4.74 Å². The van der Waals surface area contributed by atoms with Gasteiger partial charge in [0.15, 0.2) is 0 Å². The average Bonchev–Trinajstić information content (AvgIpc) is 2.17. The monoisotopic (exact) mass is 213 g/mol. The fourth-order valence-corrected chi connectivity index (χ4v) is 2.84. The van der Waals surface area contributed by atoms with Crippen molar-refractivity contribution in [3.8, 4) is 0 Å². The van der Waals surface area contributed by atoms with Crippen LogP contribution in [0.15, 0.2) is 0 Å². The summed E-state index contributed by atoms with van der Waals surface area (Å²) < 4.78 is 5.32. The molecule has 0 amide bonds. The molecule has 0 heterocycles. The van der Waals surface area contributed by atoms with Gasteiger partial charge in [-0.1, -0.05) is 20.8 Å². The largest absolute Gasteiger partial charge is 0.384 e. The average molecular weight is 213 g/mol. The minimum absolute atomic E-state index is 0.436. The van der Waals surface area contributed by atoms with Crippen LogP contribution in [0, 0.1) is 23.2 Å². The summed E-state index contributed by atoms with van der Waals surface area (Å²) in [6.45, 7) is 8.76. The fourth-order valence-electron chi connectivity index (χ4n) is 2.84. The zero-order chi connectivity index (χ0) is 11.5. The lowest BCUT2D eigenvalue weighted by Crippen LogP contribution is -2.36. The normalized spacial score (nSPS) is 33.0. The topological polar surface area (TPSA) is 35.2 Å². The Bertz CT molecular complexity index is 185. The number of rotatable bonds is 3. The molecule has 0 spiro atoms. The Morgan fingerprint density at radius 3 is 2.33 bits per heavy atom. The van der Waals surface area contributed by atoms with E-state index in [-0.39, 0.29) is 0 Å². The van der Waals surface area contributed by atoms with Crippen LogP contribution in [0.5, 0.6) is 0 Å². The minimum Gasteiger partial charge on any atom is -0.384 e. The Morgan fingerprint density at radius 1 is 1.20 bits per heavy atom. The van der Waals surface area contributed by atoms with Crippen LogP contribution in [-0.2, 0) is 4.74 Å². The lowest BCUT2D eigenvalue weighted by molar-refractivity contribution is 0.0448. The predicted octanol–water partition coefficient (Wildman–Crippen LogP) is 2.67. The summed E-state index contributed by atoms with van der Waals surface area (Å²) >= 11 is 0. The summed E-state index contributed by atoms with van der Waals surface area (Å²) in [7, 11) is 1.80. The van der Waals surface area contributed by atoms with Crippen molar-refractivity contribution in [1.29, 1.82) is 0 Å². The Balaban J connectivity index is 2.57. The van der Waals surface area contributed by atoms with Gasteiger partial charge in [-0.25, -0.2) is 0 Å². The van der Waals surface area contributed by atoms with Crippen molar-refractivity contribution in [2.24, 2.45) is 28.9 Å². The van der Waals surface area contributed by atoms with Gasteiger partial charge in [0.2, 0.25) is 0 Å². The number of hydrogen-bond donors (Lipinski definition) is 1. The van der Waals surface area contributed by atoms with E-state index >= 15 is 0 Å². The smallest absolute Gasteiger partial charge is 0.0493 e. The third kappa shape index (κ3) is 3.46. The molecule has 3 unspecified atom stereocenters. The second-order valence-electron chi connectivity index (χ2n) is 6.09. The molecule has 0 aromatic carbocycles. The van der Waals surface area contributed by atoms with Crippen LogP contribution in [0.3, 0.4) is 0 Å². The molecular weight excluding hydrogens is 186 g/mol. The molecule has 1 rings (SSSR count). The molecule has 2 nitrogen and oxygen atoms in total. The van der Waals surface area contributed by atoms with Crippen LogP contribution in [0.1, 0.15) is 40.0 Å². The van der Waals surface area contributed by atoms with Crippen LogP contribution < -0.4 is 5.73 Å². The van der Waals surface area contributed by atoms with Gasteiger partial charge in [0.05, 0.1) is 0 Å². The first-order chi connectivity index (χ1) is 6.99. The summed E-state index contributed by atoms with van der Waals surface area (Å²) in [6.07, 6.45) is 3.91.